The Morgan fingerprint density at radius 3 is 2.00 bits per heavy atom. The van der Waals surface area contributed by atoms with E-state index < -0.39 is 0 Å². The second kappa shape index (κ2) is 16.0. The van der Waals surface area contributed by atoms with Gasteiger partial charge < -0.3 is 21.4 Å². The van der Waals surface area contributed by atoms with Crippen molar-refractivity contribution in [2.24, 2.45) is 5.73 Å². The van der Waals surface area contributed by atoms with Crippen LogP contribution in [0.15, 0.2) is 0 Å². The molecule has 10 heavy (non-hydrogen) atoms. The molecule has 0 radical (unpaired) electrons. The standard InChI is InChI=1S/C4H9NO2.2H2O.Zn/c1-4(6)7-3-2-5;;;/h2-3,5H2,1H3;2*1H2;. The molecule has 0 amide bonds. The van der Waals surface area contributed by atoms with Crippen LogP contribution >= 0.6 is 0 Å². The zero-order chi connectivity index (χ0) is 5.70. The van der Waals surface area contributed by atoms with Gasteiger partial charge in [-0.15, -0.1) is 0 Å². The molecule has 0 aliphatic carbocycles. The molecule has 0 spiro atoms. The first-order valence-electron chi connectivity index (χ1n) is 2.11. The van der Waals surface area contributed by atoms with Gasteiger partial charge in [-0.25, -0.2) is 0 Å². The zero-order valence-electron chi connectivity index (χ0n) is 6.02. The molecular formula is C4H13NO4Zn. The third kappa shape index (κ3) is 24.6. The van der Waals surface area contributed by atoms with Gasteiger partial charge in [-0.1, -0.05) is 0 Å². The minimum absolute atomic E-state index is 0. The fraction of sp³-hybridized carbons (Fsp3) is 0.750. The topological polar surface area (TPSA) is 115 Å². The van der Waals surface area contributed by atoms with Gasteiger partial charge in [-0.3, -0.25) is 4.79 Å². The number of esters is 1. The van der Waals surface area contributed by atoms with Crippen molar-refractivity contribution in [3.8, 4) is 0 Å². The van der Waals surface area contributed by atoms with Crippen molar-refractivity contribution in [2.45, 2.75) is 6.92 Å². The molecule has 0 aromatic rings. The normalized spacial score (nSPS) is 5.80. The van der Waals surface area contributed by atoms with E-state index in [1.54, 1.807) is 0 Å². The van der Waals surface area contributed by atoms with Crippen molar-refractivity contribution >= 4 is 5.97 Å². The van der Waals surface area contributed by atoms with Crippen LogP contribution in [0.5, 0.6) is 0 Å². The zero-order valence-corrected chi connectivity index (χ0v) is 8.98. The van der Waals surface area contributed by atoms with E-state index in [0.717, 1.165) is 0 Å². The molecule has 0 aromatic carbocycles. The maximum absolute atomic E-state index is 9.92. The second-order valence-electron chi connectivity index (χ2n) is 1.13. The van der Waals surface area contributed by atoms with Crippen LogP contribution in [0.25, 0.3) is 0 Å². The molecule has 0 atom stereocenters. The minimum atomic E-state index is -0.273. The van der Waals surface area contributed by atoms with Crippen LogP contribution in [0.4, 0.5) is 0 Å². The predicted molar refractivity (Wildman–Crippen MR) is 32.9 cm³/mol. The van der Waals surface area contributed by atoms with E-state index in [1.807, 2.05) is 0 Å². The van der Waals surface area contributed by atoms with Gasteiger partial charge in [0.15, 0.2) is 0 Å². The molecule has 6 heteroatoms. The van der Waals surface area contributed by atoms with E-state index in [-0.39, 0.29) is 36.4 Å². The molecule has 0 unspecified atom stereocenters. The van der Waals surface area contributed by atoms with Crippen LogP contribution in [0.3, 0.4) is 0 Å². The smallest absolute Gasteiger partial charge is 0.302 e. The largest absolute Gasteiger partial charge is 0.465 e. The Kier molecular flexibility index (Phi) is 36.0. The van der Waals surface area contributed by atoms with Crippen LogP contribution in [0.2, 0.25) is 0 Å². The third-order valence-corrected chi connectivity index (χ3v) is 0.423. The van der Waals surface area contributed by atoms with Crippen molar-refractivity contribution in [3.63, 3.8) is 0 Å². The summed E-state index contributed by atoms with van der Waals surface area (Å²) in [6.07, 6.45) is 0. The molecule has 6 N–H and O–H groups in total. The third-order valence-electron chi connectivity index (χ3n) is 0.423. The fourth-order valence-electron chi connectivity index (χ4n) is 0.203. The van der Waals surface area contributed by atoms with Crippen LogP contribution in [-0.2, 0) is 29.0 Å². The number of nitrogens with two attached hydrogens (primary N) is 1. The van der Waals surface area contributed by atoms with E-state index in [9.17, 15) is 4.79 Å². The molecule has 5 nitrogen and oxygen atoms in total. The van der Waals surface area contributed by atoms with Gasteiger partial charge in [0, 0.05) is 32.9 Å². The first kappa shape index (κ1) is 22.5. The summed E-state index contributed by atoms with van der Waals surface area (Å²) in [6.45, 7) is 2.09. The number of carbonyl (C=O) groups excluding carboxylic acids is 1. The molecule has 0 saturated heterocycles. The quantitative estimate of drug-likeness (QED) is 0.409. The molecule has 0 aliphatic heterocycles. The van der Waals surface area contributed by atoms with Crippen LogP contribution < -0.4 is 5.73 Å². The Labute approximate surface area is 72.3 Å². The molecule has 0 aliphatic rings. The van der Waals surface area contributed by atoms with Crippen molar-refractivity contribution in [1.82, 2.24) is 0 Å². The van der Waals surface area contributed by atoms with Crippen molar-refractivity contribution in [1.29, 1.82) is 0 Å². The van der Waals surface area contributed by atoms with Gasteiger partial charge in [0.05, 0.1) is 0 Å². The Bertz CT molecular complexity index is 70.3. The van der Waals surface area contributed by atoms with E-state index in [2.05, 4.69) is 4.74 Å². The van der Waals surface area contributed by atoms with Gasteiger partial charge in [0.25, 0.3) is 0 Å². The van der Waals surface area contributed by atoms with Gasteiger partial charge in [-0.05, 0) is 0 Å². The number of hydrogen-bond acceptors (Lipinski definition) is 3. The molecule has 0 saturated carbocycles. The first-order valence-corrected chi connectivity index (χ1v) is 2.11. The van der Waals surface area contributed by atoms with Crippen LogP contribution in [0.1, 0.15) is 6.92 Å². The molecular weight excluding hydrogens is 191 g/mol. The molecule has 60 valence electrons. The molecule has 0 rings (SSSR count). The van der Waals surface area contributed by atoms with Crippen molar-refractivity contribution < 1.29 is 40.0 Å². The summed E-state index contributed by atoms with van der Waals surface area (Å²) in [5.74, 6) is -0.273. The Morgan fingerprint density at radius 1 is 1.50 bits per heavy atom. The van der Waals surface area contributed by atoms with E-state index in [1.165, 1.54) is 6.92 Å². The van der Waals surface area contributed by atoms with E-state index >= 15 is 0 Å². The Morgan fingerprint density at radius 2 is 1.90 bits per heavy atom. The summed E-state index contributed by atoms with van der Waals surface area (Å²) in [7, 11) is 0. The number of rotatable bonds is 2. The average Bonchev–Trinajstić information content (AvgIpc) is 1.61. The van der Waals surface area contributed by atoms with Gasteiger partial charge in [-0.2, -0.15) is 0 Å². The van der Waals surface area contributed by atoms with Crippen LogP contribution in [0, 0.1) is 0 Å². The van der Waals surface area contributed by atoms with Gasteiger partial charge in [0.2, 0.25) is 0 Å². The summed E-state index contributed by atoms with van der Waals surface area (Å²) < 4.78 is 4.43. The number of carbonyl (C=O) groups is 1. The Hall–Kier alpha value is -0.0266. The molecule has 0 fully saturated rings. The summed E-state index contributed by atoms with van der Waals surface area (Å²) in [4.78, 5) is 9.92. The first-order chi connectivity index (χ1) is 3.27. The maximum Gasteiger partial charge on any atom is 0.302 e. The predicted octanol–water partition coefficient (Wildman–Crippen LogP) is -2.14. The van der Waals surface area contributed by atoms with Crippen molar-refractivity contribution in [2.75, 3.05) is 13.2 Å². The van der Waals surface area contributed by atoms with Gasteiger partial charge >= 0.3 is 5.97 Å². The fourth-order valence-corrected chi connectivity index (χ4v) is 0.203. The molecule has 0 aromatic heterocycles. The number of ether oxygens (including phenoxy) is 1. The summed E-state index contributed by atoms with van der Waals surface area (Å²) in [5, 5.41) is 0. The summed E-state index contributed by atoms with van der Waals surface area (Å²) in [6, 6.07) is 0. The monoisotopic (exact) mass is 203 g/mol. The maximum atomic E-state index is 9.92. The average molecular weight is 205 g/mol. The van der Waals surface area contributed by atoms with Crippen LogP contribution in [-0.4, -0.2) is 30.1 Å². The SMILES string of the molecule is CC(=O)OCCN.O.O.[Zn]. The van der Waals surface area contributed by atoms with E-state index in [4.69, 9.17) is 5.73 Å². The van der Waals surface area contributed by atoms with E-state index in [0.29, 0.717) is 13.2 Å². The summed E-state index contributed by atoms with van der Waals surface area (Å²) >= 11 is 0. The minimum Gasteiger partial charge on any atom is -0.465 e. The Balaban J connectivity index is -0.0000000600. The summed E-state index contributed by atoms with van der Waals surface area (Å²) in [5.41, 5.74) is 5.00. The molecule has 0 bridgehead atoms. The number of hydrogen-bond donors (Lipinski definition) is 1. The van der Waals surface area contributed by atoms with Gasteiger partial charge in [0.1, 0.15) is 6.61 Å². The second-order valence-corrected chi connectivity index (χ2v) is 1.13. The van der Waals surface area contributed by atoms with Crippen molar-refractivity contribution in [3.05, 3.63) is 0 Å². The molecule has 0 heterocycles.